The molecule has 0 bridgehead atoms. The SMILES string of the molecule is O=C(NCC(=O)N1CCN(c2ccccn2)CC1)C1CC(=O)N(c2ccc(F)cc2)C1. The Labute approximate surface area is 179 Å². The number of benzene rings is 1. The third-order valence-electron chi connectivity index (χ3n) is 5.65. The summed E-state index contributed by atoms with van der Waals surface area (Å²) < 4.78 is 13.1. The van der Waals surface area contributed by atoms with E-state index in [-0.39, 0.29) is 43.0 Å². The number of hydrogen-bond acceptors (Lipinski definition) is 5. The second-order valence-electron chi connectivity index (χ2n) is 7.66. The van der Waals surface area contributed by atoms with Crippen LogP contribution in [-0.4, -0.2) is 66.9 Å². The molecule has 9 heteroatoms. The molecule has 0 spiro atoms. The Bertz CT molecular complexity index is 945. The van der Waals surface area contributed by atoms with Crippen LogP contribution in [0.1, 0.15) is 6.42 Å². The fourth-order valence-corrected chi connectivity index (χ4v) is 3.90. The molecule has 0 radical (unpaired) electrons. The molecule has 2 aliphatic heterocycles. The third kappa shape index (κ3) is 4.82. The van der Waals surface area contributed by atoms with Crippen molar-refractivity contribution >= 4 is 29.2 Å². The molecule has 3 heterocycles. The van der Waals surface area contributed by atoms with Crippen molar-refractivity contribution in [3.63, 3.8) is 0 Å². The quantitative estimate of drug-likeness (QED) is 0.774. The highest BCUT2D eigenvalue weighted by Gasteiger charge is 2.35. The van der Waals surface area contributed by atoms with Crippen molar-refractivity contribution in [2.24, 2.45) is 5.92 Å². The summed E-state index contributed by atoms with van der Waals surface area (Å²) in [4.78, 5) is 46.9. The van der Waals surface area contributed by atoms with E-state index < -0.39 is 5.92 Å². The van der Waals surface area contributed by atoms with Crippen LogP contribution < -0.4 is 15.1 Å². The van der Waals surface area contributed by atoms with E-state index in [0.29, 0.717) is 31.9 Å². The van der Waals surface area contributed by atoms with Gasteiger partial charge in [-0.25, -0.2) is 9.37 Å². The summed E-state index contributed by atoms with van der Waals surface area (Å²) in [6, 6.07) is 11.3. The van der Waals surface area contributed by atoms with E-state index in [4.69, 9.17) is 0 Å². The highest BCUT2D eigenvalue weighted by atomic mass is 19.1. The van der Waals surface area contributed by atoms with E-state index in [1.165, 1.54) is 29.2 Å². The first-order chi connectivity index (χ1) is 15.0. The molecule has 3 amide bonds. The van der Waals surface area contributed by atoms with Crippen molar-refractivity contribution in [1.82, 2.24) is 15.2 Å². The van der Waals surface area contributed by atoms with Gasteiger partial charge in [0.2, 0.25) is 17.7 Å². The van der Waals surface area contributed by atoms with E-state index in [0.717, 1.165) is 5.82 Å². The Morgan fingerprint density at radius 2 is 1.81 bits per heavy atom. The molecule has 2 aliphatic rings. The van der Waals surface area contributed by atoms with Gasteiger partial charge in [0.05, 0.1) is 12.5 Å². The average molecular weight is 425 g/mol. The number of piperazine rings is 1. The Balaban J connectivity index is 1.24. The van der Waals surface area contributed by atoms with Crippen molar-refractivity contribution in [2.45, 2.75) is 6.42 Å². The zero-order valence-corrected chi connectivity index (χ0v) is 17.0. The molecule has 2 fully saturated rings. The van der Waals surface area contributed by atoms with Crippen LogP contribution in [0.15, 0.2) is 48.7 Å². The lowest BCUT2D eigenvalue weighted by molar-refractivity contribution is -0.134. The number of pyridine rings is 1. The van der Waals surface area contributed by atoms with Crippen LogP contribution in [0.4, 0.5) is 15.9 Å². The van der Waals surface area contributed by atoms with E-state index in [1.54, 1.807) is 11.1 Å². The number of carbonyl (C=O) groups is 3. The Kier molecular flexibility index (Phi) is 6.11. The molecule has 0 saturated carbocycles. The standard InChI is InChI=1S/C22H24FN5O3/c23-17-4-6-18(7-5-17)28-15-16(13-20(28)29)22(31)25-14-21(30)27-11-9-26(10-12-27)19-3-1-2-8-24-19/h1-8,16H,9-15H2,(H,25,31). The Morgan fingerprint density at radius 3 is 2.48 bits per heavy atom. The molecular formula is C22H24FN5O3. The number of rotatable bonds is 5. The maximum Gasteiger partial charge on any atom is 0.242 e. The molecule has 162 valence electrons. The van der Waals surface area contributed by atoms with Crippen LogP contribution in [0.25, 0.3) is 0 Å². The summed E-state index contributed by atoms with van der Waals surface area (Å²) in [5.41, 5.74) is 0.559. The van der Waals surface area contributed by atoms with Crippen LogP contribution in [0.2, 0.25) is 0 Å². The summed E-state index contributed by atoms with van der Waals surface area (Å²) in [5.74, 6) is -0.689. The summed E-state index contributed by atoms with van der Waals surface area (Å²) in [6.45, 7) is 2.61. The number of aromatic nitrogens is 1. The van der Waals surface area contributed by atoms with Crippen molar-refractivity contribution in [2.75, 3.05) is 49.1 Å². The fourth-order valence-electron chi connectivity index (χ4n) is 3.90. The predicted octanol–water partition coefficient (Wildman–Crippen LogP) is 1.04. The Hall–Kier alpha value is -3.49. The normalized spacial score (nSPS) is 18.9. The topological polar surface area (TPSA) is 85.9 Å². The largest absolute Gasteiger partial charge is 0.353 e. The smallest absolute Gasteiger partial charge is 0.242 e. The van der Waals surface area contributed by atoms with E-state index in [2.05, 4.69) is 15.2 Å². The van der Waals surface area contributed by atoms with E-state index in [9.17, 15) is 18.8 Å². The van der Waals surface area contributed by atoms with Gasteiger partial charge in [-0.15, -0.1) is 0 Å². The Morgan fingerprint density at radius 1 is 1.06 bits per heavy atom. The number of amides is 3. The second-order valence-corrected chi connectivity index (χ2v) is 7.66. The lowest BCUT2D eigenvalue weighted by Gasteiger charge is -2.35. The van der Waals surface area contributed by atoms with Gasteiger partial charge in [-0.05, 0) is 36.4 Å². The monoisotopic (exact) mass is 425 g/mol. The molecule has 1 aromatic heterocycles. The minimum atomic E-state index is -0.536. The molecule has 1 atom stereocenters. The van der Waals surface area contributed by atoms with Gasteiger partial charge in [0.25, 0.3) is 0 Å². The number of nitrogens with one attached hydrogen (secondary N) is 1. The zero-order valence-electron chi connectivity index (χ0n) is 17.0. The molecule has 2 aromatic rings. The maximum atomic E-state index is 13.1. The van der Waals surface area contributed by atoms with Gasteiger partial charge < -0.3 is 20.0 Å². The zero-order chi connectivity index (χ0) is 21.8. The van der Waals surface area contributed by atoms with Crippen LogP contribution in [0.3, 0.4) is 0 Å². The number of halogens is 1. The first-order valence-corrected chi connectivity index (χ1v) is 10.3. The molecule has 1 unspecified atom stereocenters. The minimum absolute atomic E-state index is 0.0696. The molecule has 2 saturated heterocycles. The van der Waals surface area contributed by atoms with Gasteiger partial charge in [0.15, 0.2) is 0 Å². The highest BCUT2D eigenvalue weighted by Crippen LogP contribution is 2.25. The summed E-state index contributed by atoms with van der Waals surface area (Å²) in [5, 5.41) is 2.67. The number of anilines is 2. The average Bonchev–Trinajstić information content (AvgIpc) is 3.20. The first kappa shape index (κ1) is 20.8. The van der Waals surface area contributed by atoms with Gasteiger partial charge >= 0.3 is 0 Å². The summed E-state index contributed by atoms with van der Waals surface area (Å²) >= 11 is 0. The molecule has 4 rings (SSSR count). The molecular weight excluding hydrogens is 401 g/mol. The minimum Gasteiger partial charge on any atom is -0.353 e. The van der Waals surface area contributed by atoms with Crippen LogP contribution in [-0.2, 0) is 14.4 Å². The number of hydrogen-bond donors (Lipinski definition) is 1. The van der Waals surface area contributed by atoms with E-state index in [1.807, 2.05) is 18.2 Å². The van der Waals surface area contributed by atoms with Crippen molar-refractivity contribution in [3.05, 3.63) is 54.5 Å². The second kappa shape index (κ2) is 9.11. The summed E-state index contributed by atoms with van der Waals surface area (Å²) in [7, 11) is 0. The van der Waals surface area contributed by atoms with Gasteiger partial charge in [0, 0.05) is 51.0 Å². The van der Waals surface area contributed by atoms with Gasteiger partial charge in [-0.2, -0.15) is 0 Å². The molecule has 31 heavy (non-hydrogen) atoms. The molecule has 0 aliphatic carbocycles. The lowest BCUT2D eigenvalue weighted by Crippen LogP contribution is -2.51. The number of carbonyl (C=O) groups excluding carboxylic acids is 3. The van der Waals surface area contributed by atoms with Gasteiger partial charge in [0.1, 0.15) is 11.6 Å². The van der Waals surface area contributed by atoms with Crippen LogP contribution in [0.5, 0.6) is 0 Å². The van der Waals surface area contributed by atoms with Gasteiger partial charge in [-0.1, -0.05) is 6.07 Å². The molecule has 1 aromatic carbocycles. The van der Waals surface area contributed by atoms with Crippen molar-refractivity contribution < 1.29 is 18.8 Å². The predicted molar refractivity (Wildman–Crippen MR) is 113 cm³/mol. The lowest BCUT2D eigenvalue weighted by atomic mass is 10.1. The highest BCUT2D eigenvalue weighted by molar-refractivity contribution is 6.00. The fraction of sp³-hybridized carbons (Fsp3) is 0.364. The van der Waals surface area contributed by atoms with Crippen molar-refractivity contribution in [3.8, 4) is 0 Å². The van der Waals surface area contributed by atoms with E-state index >= 15 is 0 Å². The summed E-state index contributed by atoms with van der Waals surface area (Å²) in [6.07, 6.45) is 1.81. The molecule has 8 nitrogen and oxygen atoms in total. The van der Waals surface area contributed by atoms with Crippen LogP contribution in [0, 0.1) is 11.7 Å². The van der Waals surface area contributed by atoms with Crippen molar-refractivity contribution in [1.29, 1.82) is 0 Å². The first-order valence-electron chi connectivity index (χ1n) is 10.3. The van der Waals surface area contributed by atoms with Gasteiger partial charge in [-0.3, -0.25) is 14.4 Å². The maximum absolute atomic E-state index is 13.1. The number of nitrogens with zero attached hydrogens (tertiary/aromatic N) is 4. The third-order valence-corrected chi connectivity index (χ3v) is 5.65. The van der Waals surface area contributed by atoms with Crippen LogP contribution >= 0.6 is 0 Å². The molecule has 1 N–H and O–H groups in total.